The Morgan fingerprint density at radius 1 is 1.05 bits per heavy atom. The lowest BCUT2D eigenvalue weighted by molar-refractivity contribution is -0.115. The van der Waals surface area contributed by atoms with Crippen LogP contribution < -0.4 is 5.32 Å². The van der Waals surface area contributed by atoms with Crippen LogP contribution in [-0.4, -0.2) is 15.7 Å². The van der Waals surface area contributed by atoms with Gasteiger partial charge in [-0.2, -0.15) is 0 Å². The fraction of sp³-hybridized carbons (Fsp3) is 0.0588. The highest BCUT2D eigenvalue weighted by molar-refractivity contribution is 5.91. The van der Waals surface area contributed by atoms with Crippen LogP contribution in [-0.2, 0) is 11.2 Å². The number of hydrogen-bond donors (Lipinski definition) is 1. The van der Waals surface area contributed by atoms with Gasteiger partial charge in [0.2, 0.25) is 5.91 Å². The highest BCUT2D eigenvalue weighted by Gasteiger charge is 2.08. The van der Waals surface area contributed by atoms with Crippen LogP contribution in [0, 0.1) is 5.82 Å². The first-order valence-corrected chi connectivity index (χ1v) is 6.87. The van der Waals surface area contributed by atoms with Crippen LogP contribution in [0.4, 0.5) is 10.2 Å². The molecule has 0 saturated heterocycles. The lowest BCUT2D eigenvalue weighted by Crippen LogP contribution is -2.15. The Bertz CT molecular complexity index is 783. The average Bonchev–Trinajstić information content (AvgIpc) is 2.97. The summed E-state index contributed by atoms with van der Waals surface area (Å²) >= 11 is 0. The molecule has 3 aromatic rings. The number of aromatic nitrogens is 2. The molecule has 1 heterocycles. The number of rotatable bonds is 4. The number of halogens is 1. The third kappa shape index (κ3) is 3.20. The Labute approximate surface area is 127 Å². The molecule has 5 heteroatoms. The van der Waals surface area contributed by atoms with Crippen molar-refractivity contribution < 1.29 is 9.18 Å². The minimum absolute atomic E-state index is 0.162. The van der Waals surface area contributed by atoms with Crippen LogP contribution in [0.15, 0.2) is 66.9 Å². The van der Waals surface area contributed by atoms with Gasteiger partial charge in [-0.3, -0.25) is 4.79 Å². The van der Waals surface area contributed by atoms with Crippen molar-refractivity contribution in [2.75, 3.05) is 5.32 Å². The number of nitrogens with one attached hydrogen (secondary N) is 1. The van der Waals surface area contributed by atoms with Gasteiger partial charge < -0.3 is 5.32 Å². The standard InChI is InChI=1S/C17H14FN3O/c18-14-8-4-5-9-15(14)21-11-10-16(20-21)19-17(22)12-13-6-2-1-3-7-13/h1-11H,12H2,(H,19,20,22). The van der Waals surface area contributed by atoms with Gasteiger partial charge in [0.1, 0.15) is 11.5 Å². The predicted octanol–water partition coefficient (Wildman–Crippen LogP) is 3.19. The van der Waals surface area contributed by atoms with E-state index in [-0.39, 0.29) is 18.1 Å². The van der Waals surface area contributed by atoms with E-state index in [0.717, 1.165) is 5.56 Å². The Kier molecular flexibility index (Phi) is 3.96. The van der Waals surface area contributed by atoms with Crippen molar-refractivity contribution in [3.63, 3.8) is 0 Å². The molecule has 0 radical (unpaired) electrons. The van der Waals surface area contributed by atoms with E-state index in [1.807, 2.05) is 30.3 Å². The first-order chi connectivity index (χ1) is 10.7. The summed E-state index contributed by atoms with van der Waals surface area (Å²) in [5, 5.41) is 6.87. The van der Waals surface area contributed by atoms with Gasteiger partial charge in [0.25, 0.3) is 0 Å². The van der Waals surface area contributed by atoms with Gasteiger partial charge in [0.15, 0.2) is 5.82 Å². The molecule has 3 rings (SSSR count). The van der Waals surface area contributed by atoms with Crippen molar-refractivity contribution in [3.05, 3.63) is 78.2 Å². The van der Waals surface area contributed by atoms with Crippen molar-refractivity contribution in [1.29, 1.82) is 0 Å². The Balaban J connectivity index is 1.70. The van der Waals surface area contributed by atoms with Crippen molar-refractivity contribution in [2.45, 2.75) is 6.42 Å². The molecule has 0 saturated carbocycles. The number of carbonyl (C=O) groups is 1. The van der Waals surface area contributed by atoms with Crippen LogP contribution >= 0.6 is 0 Å². The quantitative estimate of drug-likeness (QED) is 0.803. The molecule has 22 heavy (non-hydrogen) atoms. The molecule has 0 spiro atoms. The summed E-state index contributed by atoms with van der Waals surface area (Å²) in [6, 6.07) is 17.4. The Morgan fingerprint density at radius 3 is 2.55 bits per heavy atom. The van der Waals surface area contributed by atoms with Gasteiger partial charge in [-0.15, -0.1) is 5.10 Å². The number of hydrogen-bond acceptors (Lipinski definition) is 2. The molecule has 1 N–H and O–H groups in total. The van der Waals surface area contributed by atoms with Crippen LogP contribution in [0.3, 0.4) is 0 Å². The lowest BCUT2D eigenvalue weighted by Gasteiger charge is -2.03. The van der Waals surface area contributed by atoms with Crippen molar-refractivity contribution in [1.82, 2.24) is 9.78 Å². The number of para-hydroxylation sites is 1. The van der Waals surface area contributed by atoms with Crippen molar-refractivity contribution in [3.8, 4) is 5.69 Å². The number of carbonyl (C=O) groups excluding carboxylic acids is 1. The molecule has 0 unspecified atom stereocenters. The van der Waals surface area contributed by atoms with Gasteiger partial charge in [-0.25, -0.2) is 9.07 Å². The van der Waals surface area contributed by atoms with E-state index in [1.165, 1.54) is 10.7 Å². The minimum Gasteiger partial charge on any atom is -0.309 e. The summed E-state index contributed by atoms with van der Waals surface area (Å²) in [7, 11) is 0. The molecule has 0 aliphatic carbocycles. The monoisotopic (exact) mass is 295 g/mol. The lowest BCUT2D eigenvalue weighted by atomic mass is 10.1. The summed E-state index contributed by atoms with van der Waals surface area (Å²) in [6.07, 6.45) is 1.88. The summed E-state index contributed by atoms with van der Waals surface area (Å²) in [5.41, 5.74) is 1.26. The maximum Gasteiger partial charge on any atom is 0.229 e. The van der Waals surface area contributed by atoms with E-state index in [2.05, 4.69) is 10.4 Å². The van der Waals surface area contributed by atoms with E-state index in [0.29, 0.717) is 11.5 Å². The molecule has 4 nitrogen and oxygen atoms in total. The van der Waals surface area contributed by atoms with Crippen LogP contribution in [0.1, 0.15) is 5.56 Å². The molecule has 2 aromatic carbocycles. The predicted molar refractivity (Wildman–Crippen MR) is 82.3 cm³/mol. The largest absolute Gasteiger partial charge is 0.309 e. The second kappa shape index (κ2) is 6.22. The fourth-order valence-electron chi connectivity index (χ4n) is 2.13. The van der Waals surface area contributed by atoms with Crippen LogP contribution in [0.5, 0.6) is 0 Å². The molecule has 0 fully saturated rings. The first kappa shape index (κ1) is 14.0. The van der Waals surface area contributed by atoms with Crippen molar-refractivity contribution in [2.24, 2.45) is 0 Å². The third-order valence-corrected chi connectivity index (χ3v) is 3.16. The minimum atomic E-state index is -0.368. The molecular weight excluding hydrogens is 281 g/mol. The van der Waals surface area contributed by atoms with E-state index in [4.69, 9.17) is 0 Å². The molecule has 0 aliphatic rings. The smallest absolute Gasteiger partial charge is 0.229 e. The molecule has 0 atom stereocenters. The number of anilines is 1. The molecule has 1 aromatic heterocycles. The van der Waals surface area contributed by atoms with E-state index in [9.17, 15) is 9.18 Å². The zero-order chi connectivity index (χ0) is 15.4. The van der Waals surface area contributed by atoms with Gasteiger partial charge in [0.05, 0.1) is 6.42 Å². The van der Waals surface area contributed by atoms with E-state index in [1.54, 1.807) is 30.5 Å². The molecule has 0 aliphatic heterocycles. The Morgan fingerprint density at radius 2 is 1.77 bits per heavy atom. The molecular formula is C17H14FN3O. The average molecular weight is 295 g/mol. The Hall–Kier alpha value is -2.95. The maximum absolute atomic E-state index is 13.7. The first-order valence-electron chi connectivity index (χ1n) is 6.87. The van der Waals surface area contributed by atoms with Gasteiger partial charge in [0, 0.05) is 12.3 Å². The molecule has 1 amide bonds. The second-order valence-corrected chi connectivity index (χ2v) is 4.81. The zero-order valence-electron chi connectivity index (χ0n) is 11.7. The summed E-state index contributed by atoms with van der Waals surface area (Å²) in [6.45, 7) is 0. The van der Waals surface area contributed by atoms with E-state index >= 15 is 0 Å². The fourth-order valence-corrected chi connectivity index (χ4v) is 2.13. The maximum atomic E-state index is 13.7. The third-order valence-electron chi connectivity index (χ3n) is 3.16. The molecule has 110 valence electrons. The zero-order valence-corrected chi connectivity index (χ0v) is 11.7. The topological polar surface area (TPSA) is 46.9 Å². The normalized spacial score (nSPS) is 10.4. The van der Waals surface area contributed by atoms with Crippen LogP contribution in [0.25, 0.3) is 5.69 Å². The SMILES string of the molecule is O=C(Cc1ccccc1)Nc1ccn(-c2ccccc2F)n1. The van der Waals surface area contributed by atoms with Gasteiger partial charge in [-0.05, 0) is 17.7 Å². The van der Waals surface area contributed by atoms with Crippen LogP contribution in [0.2, 0.25) is 0 Å². The molecule has 0 bridgehead atoms. The summed E-state index contributed by atoms with van der Waals surface area (Å²) < 4.78 is 15.1. The number of benzene rings is 2. The number of nitrogens with zero attached hydrogens (tertiary/aromatic N) is 2. The van der Waals surface area contributed by atoms with E-state index < -0.39 is 0 Å². The highest BCUT2D eigenvalue weighted by atomic mass is 19.1. The second-order valence-electron chi connectivity index (χ2n) is 4.81. The van der Waals surface area contributed by atoms with Crippen molar-refractivity contribution >= 4 is 11.7 Å². The summed E-state index contributed by atoms with van der Waals surface area (Å²) in [4.78, 5) is 12.0. The van der Waals surface area contributed by atoms with Gasteiger partial charge >= 0.3 is 0 Å². The summed E-state index contributed by atoms with van der Waals surface area (Å²) in [5.74, 6) is -0.137. The van der Waals surface area contributed by atoms with Gasteiger partial charge in [-0.1, -0.05) is 42.5 Å². The highest BCUT2D eigenvalue weighted by Crippen LogP contribution is 2.14. The number of amides is 1.